The summed E-state index contributed by atoms with van der Waals surface area (Å²) in [5, 5.41) is 0. The molecule has 0 aromatic heterocycles. The predicted octanol–water partition coefficient (Wildman–Crippen LogP) is 3.67. The van der Waals surface area contributed by atoms with Gasteiger partial charge >= 0.3 is 0 Å². The maximum Gasteiger partial charge on any atom is 0.0391 e. The smallest absolute Gasteiger partial charge is 0.0391 e. The van der Waals surface area contributed by atoms with Gasteiger partial charge in [0.1, 0.15) is 0 Å². The summed E-state index contributed by atoms with van der Waals surface area (Å²) in [6.45, 7) is 9.00. The van der Waals surface area contributed by atoms with Gasteiger partial charge < -0.3 is 10.6 Å². The summed E-state index contributed by atoms with van der Waals surface area (Å²) in [7, 11) is 0. The highest BCUT2D eigenvalue weighted by Crippen LogP contribution is 2.24. The fraction of sp³-hybridized carbons (Fsp3) is 0.571. The molecule has 1 rings (SSSR count). The largest absolute Gasteiger partial charge is 0.399 e. The Hall–Kier alpha value is -1.18. The van der Waals surface area contributed by atoms with Crippen LogP contribution in [0, 0.1) is 0 Å². The van der Waals surface area contributed by atoms with Crippen LogP contribution in [0.4, 0.5) is 11.4 Å². The third kappa shape index (κ3) is 2.91. The first-order chi connectivity index (χ1) is 7.60. The van der Waals surface area contributed by atoms with Gasteiger partial charge in [-0.3, -0.25) is 0 Å². The Kier molecular flexibility index (Phi) is 4.66. The molecule has 0 fully saturated rings. The van der Waals surface area contributed by atoms with Gasteiger partial charge in [0.25, 0.3) is 0 Å². The Morgan fingerprint density at radius 1 is 1.12 bits per heavy atom. The van der Waals surface area contributed by atoms with Gasteiger partial charge in [-0.15, -0.1) is 0 Å². The van der Waals surface area contributed by atoms with Crippen molar-refractivity contribution < 1.29 is 0 Å². The molecule has 90 valence electrons. The minimum atomic E-state index is 0.553. The lowest BCUT2D eigenvalue weighted by Gasteiger charge is -2.36. The fourth-order valence-electron chi connectivity index (χ4n) is 2.02. The van der Waals surface area contributed by atoms with Gasteiger partial charge in [-0.1, -0.05) is 19.9 Å². The molecule has 0 aliphatic carbocycles. The van der Waals surface area contributed by atoms with E-state index in [1.807, 2.05) is 12.1 Å². The van der Waals surface area contributed by atoms with E-state index in [2.05, 4.69) is 44.7 Å². The molecule has 2 unspecified atom stereocenters. The molecule has 0 saturated heterocycles. The Morgan fingerprint density at radius 2 is 1.69 bits per heavy atom. The van der Waals surface area contributed by atoms with E-state index in [-0.39, 0.29) is 0 Å². The summed E-state index contributed by atoms with van der Waals surface area (Å²) >= 11 is 0. The summed E-state index contributed by atoms with van der Waals surface area (Å²) < 4.78 is 0. The summed E-state index contributed by atoms with van der Waals surface area (Å²) in [4.78, 5) is 2.47. The maximum absolute atomic E-state index is 5.85. The second-order valence-electron chi connectivity index (χ2n) is 4.52. The Balaban J connectivity index is 3.00. The zero-order valence-corrected chi connectivity index (χ0v) is 10.9. The average Bonchev–Trinajstić information content (AvgIpc) is 2.29. The van der Waals surface area contributed by atoms with Crippen LogP contribution in [-0.4, -0.2) is 12.1 Å². The lowest BCUT2D eigenvalue weighted by atomic mass is 10.1. The van der Waals surface area contributed by atoms with Gasteiger partial charge in [0.05, 0.1) is 0 Å². The first-order valence-corrected chi connectivity index (χ1v) is 6.24. The quantitative estimate of drug-likeness (QED) is 0.767. The van der Waals surface area contributed by atoms with Crippen LogP contribution >= 0.6 is 0 Å². The molecule has 2 nitrogen and oxygen atoms in total. The van der Waals surface area contributed by atoms with Crippen molar-refractivity contribution in [3.8, 4) is 0 Å². The second kappa shape index (κ2) is 5.78. The van der Waals surface area contributed by atoms with Crippen LogP contribution in [-0.2, 0) is 0 Å². The number of hydrogen-bond acceptors (Lipinski definition) is 2. The van der Waals surface area contributed by atoms with Gasteiger partial charge in [-0.2, -0.15) is 0 Å². The average molecular weight is 220 g/mol. The number of anilines is 2. The van der Waals surface area contributed by atoms with E-state index in [0.717, 1.165) is 18.5 Å². The molecular formula is C14H24N2. The number of nitrogens with zero attached hydrogens (tertiary/aromatic N) is 1. The number of benzene rings is 1. The highest BCUT2D eigenvalue weighted by atomic mass is 15.2. The van der Waals surface area contributed by atoms with Crippen LogP contribution in [0.2, 0.25) is 0 Å². The van der Waals surface area contributed by atoms with Crippen LogP contribution in [0.25, 0.3) is 0 Å². The highest BCUT2D eigenvalue weighted by Gasteiger charge is 2.18. The van der Waals surface area contributed by atoms with E-state index in [4.69, 9.17) is 5.73 Å². The van der Waals surface area contributed by atoms with Crippen molar-refractivity contribution in [1.82, 2.24) is 0 Å². The molecule has 0 aliphatic rings. The fourth-order valence-corrected chi connectivity index (χ4v) is 2.02. The maximum atomic E-state index is 5.85. The molecule has 0 spiro atoms. The lowest BCUT2D eigenvalue weighted by molar-refractivity contribution is 0.527. The van der Waals surface area contributed by atoms with Crippen molar-refractivity contribution in [1.29, 1.82) is 0 Å². The van der Waals surface area contributed by atoms with E-state index < -0.39 is 0 Å². The highest BCUT2D eigenvalue weighted by molar-refractivity contribution is 5.57. The van der Waals surface area contributed by atoms with Crippen molar-refractivity contribution in [2.75, 3.05) is 10.6 Å². The van der Waals surface area contributed by atoms with E-state index in [9.17, 15) is 0 Å². The zero-order chi connectivity index (χ0) is 12.1. The van der Waals surface area contributed by atoms with Gasteiger partial charge in [0.2, 0.25) is 0 Å². The molecule has 2 N–H and O–H groups in total. The molecule has 0 amide bonds. The van der Waals surface area contributed by atoms with Crippen molar-refractivity contribution in [3.05, 3.63) is 24.3 Å². The summed E-state index contributed by atoms with van der Waals surface area (Å²) in [5.74, 6) is 0. The molecule has 0 aliphatic heterocycles. The van der Waals surface area contributed by atoms with E-state index >= 15 is 0 Å². The molecule has 0 heterocycles. The molecule has 1 aromatic rings. The van der Waals surface area contributed by atoms with Crippen LogP contribution in [0.5, 0.6) is 0 Å². The number of hydrogen-bond donors (Lipinski definition) is 1. The van der Waals surface area contributed by atoms with E-state index in [1.165, 1.54) is 5.69 Å². The van der Waals surface area contributed by atoms with Crippen molar-refractivity contribution >= 4 is 11.4 Å². The molecule has 0 saturated carbocycles. The summed E-state index contributed by atoms with van der Waals surface area (Å²) in [6, 6.07) is 9.29. The SMILES string of the molecule is CCC(C)N(c1cccc(N)c1)C(C)CC. The van der Waals surface area contributed by atoms with Crippen LogP contribution in [0.1, 0.15) is 40.5 Å². The molecule has 2 heteroatoms. The van der Waals surface area contributed by atoms with Crippen LogP contribution < -0.4 is 10.6 Å². The van der Waals surface area contributed by atoms with Gasteiger partial charge in [-0.05, 0) is 44.9 Å². The molecular weight excluding hydrogens is 196 g/mol. The third-order valence-corrected chi connectivity index (χ3v) is 3.30. The monoisotopic (exact) mass is 220 g/mol. The Labute approximate surface area is 99.5 Å². The third-order valence-electron chi connectivity index (χ3n) is 3.30. The molecule has 2 atom stereocenters. The molecule has 0 radical (unpaired) electrons. The standard InChI is InChI=1S/C14H24N2/c1-5-11(3)16(12(4)6-2)14-9-7-8-13(15)10-14/h7-12H,5-6,15H2,1-4H3. The number of nitrogen functional groups attached to an aromatic ring is 1. The van der Waals surface area contributed by atoms with Gasteiger partial charge in [0, 0.05) is 23.5 Å². The molecule has 16 heavy (non-hydrogen) atoms. The van der Waals surface area contributed by atoms with Crippen LogP contribution in [0.15, 0.2) is 24.3 Å². The van der Waals surface area contributed by atoms with E-state index in [0.29, 0.717) is 12.1 Å². The molecule has 1 aromatic carbocycles. The summed E-state index contributed by atoms with van der Waals surface area (Å²) in [5.41, 5.74) is 7.93. The number of rotatable bonds is 5. The Morgan fingerprint density at radius 3 is 2.12 bits per heavy atom. The Bertz CT molecular complexity index is 312. The predicted molar refractivity (Wildman–Crippen MR) is 72.8 cm³/mol. The number of nitrogens with two attached hydrogens (primary N) is 1. The minimum absolute atomic E-state index is 0.553. The van der Waals surface area contributed by atoms with Gasteiger partial charge in [-0.25, -0.2) is 0 Å². The van der Waals surface area contributed by atoms with Crippen molar-refractivity contribution in [2.24, 2.45) is 0 Å². The van der Waals surface area contributed by atoms with Crippen molar-refractivity contribution in [3.63, 3.8) is 0 Å². The zero-order valence-electron chi connectivity index (χ0n) is 10.9. The van der Waals surface area contributed by atoms with E-state index in [1.54, 1.807) is 0 Å². The minimum Gasteiger partial charge on any atom is -0.399 e. The van der Waals surface area contributed by atoms with Gasteiger partial charge in [0.15, 0.2) is 0 Å². The first kappa shape index (κ1) is 12.9. The lowest BCUT2D eigenvalue weighted by Crippen LogP contribution is -2.39. The summed E-state index contributed by atoms with van der Waals surface area (Å²) in [6.07, 6.45) is 2.30. The van der Waals surface area contributed by atoms with Crippen LogP contribution in [0.3, 0.4) is 0 Å². The second-order valence-corrected chi connectivity index (χ2v) is 4.52. The first-order valence-electron chi connectivity index (χ1n) is 6.24. The van der Waals surface area contributed by atoms with Crippen molar-refractivity contribution in [2.45, 2.75) is 52.6 Å². The molecule has 0 bridgehead atoms. The normalized spacial score (nSPS) is 14.5. The topological polar surface area (TPSA) is 29.3 Å².